The topological polar surface area (TPSA) is 49.4 Å². The molecular formula is C23H24BrFN2O2. The molecule has 4 rings (SSSR count). The number of amides is 2. The predicted molar refractivity (Wildman–Crippen MR) is 114 cm³/mol. The summed E-state index contributed by atoms with van der Waals surface area (Å²) >= 11 is 3.50. The van der Waals surface area contributed by atoms with Crippen LogP contribution in [0.2, 0.25) is 0 Å². The first-order valence-corrected chi connectivity index (χ1v) is 10.9. The van der Waals surface area contributed by atoms with Gasteiger partial charge in [-0.25, -0.2) is 4.39 Å². The van der Waals surface area contributed by atoms with E-state index in [2.05, 4.69) is 21.2 Å². The second kappa shape index (κ2) is 8.66. The van der Waals surface area contributed by atoms with Crippen LogP contribution >= 0.6 is 15.9 Å². The molecule has 1 aliphatic carbocycles. The van der Waals surface area contributed by atoms with Gasteiger partial charge < -0.3 is 10.2 Å². The predicted octanol–water partition coefficient (Wildman–Crippen LogP) is 5.43. The molecule has 2 aromatic rings. The fraction of sp³-hybridized carbons (Fsp3) is 0.391. The van der Waals surface area contributed by atoms with Gasteiger partial charge in [0.1, 0.15) is 12.4 Å². The molecule has 0 aromatic heterocycles. The van der Waals surface area contributed by atoms with Crippen LogP contribution in [-0.2, 0) is 9.59 Å². The normalized spacial score (nSPS) is 19.6. The molecule has 0 spiro atoms. The van der Waals surface area contributed by atoms with Gasteiger partial charge in [-0.15, -0.1) is 0 Å². The quantitative estimate of drug-likeness (QED) is 0.663. The number of nitrogens with one attached hydrogen (secondary N) is 1. The number of hydrogen-bond donors (Lipinski definition) is 1. The third-order valence-corrected chi connectivity index (χ3v) is 6.45. The van der Waals surface area contributed by atoms with Crippen LogP contribution < -0.4 is 5.32 Å². The SMILES string of the molecule is O=C1CN(C(=O)CCC2CCCC2)C(c2ccc(F)cc2)c2cc(Br)ccc2N1. The highest BCUT2D eigenvalue weighted by Gasteiger charge is 2.33. The molecule has 1 unspecified atom stereocenters. The van der Waals surface area contributed by atoms with Crippen molar-refractivity contribution in [2.24, 2.45) is 5.92 Å². The van der Waals surface area contributed by atoms with Gasteiger partial charge in [-0.1, -0.05) is 53.7 Å². The summed E-state index contributed by atoms with van der Waals surface area (Å²) in [7, 11) is 0. The van der Waals surface area contributed by atoms with Crippen LogP contribution in [0.1, 0.15) is 55.7 Å². The van der Waals surface area contributed by atoms with Crippen LogP contribution in [0, 0.1) is 11.7 Å². The lowest BCUT2D eigenvalue weighted by Crippen LogP contribution is -2.39. The summed E-state index contributed by atoms with van der Waals surface area (Å²) in [5, 5.41) is 2.92. The summed E-state index contributed by atoms with van der Waals surface area (Å²) in [6.07, 6.45) is 6.14. The molecule has 1 atom stereocenters. The minimum Gasteiger partial charge on any atom is -0.324 e. The zero-order valence-corrected chi connectivity index (χ0v) is 17.8. The van der Waals surface area contributed by atoms with Crippen LogP contribution in [0.4, 0.5) is 10.1 Å². The van der Waals surface area contributed by atoms with Crippen LogP contribution in [-0.4, -0.2) is 23.3 Å². The van der Waals surface area contributed by atoms with Gasteiger partial charge in [-0.3, -0.25) is 9.59 Å². The number of rotatable bonds is 4. The second-order valence-corrected chi connectivity index (χ2v) is 8.86. The number of anilines is 1. The smallest absolute Gasteiger partial charge is 0.244 e. The molecule has 2 amide bonds. The molecule has 2 aromatic carbocycles. The summed E-state index contributed by atoms with van der Waals surface area (Å²) in [6.45, 7) is -0.0160. The van der Waals surface area contributed by atoms with Gasteiger partial charge in [-0.2, -0.15) is 0 Å². The number of carbonyl (C=O) groups excluding carboxylic acids is 2. The summed E-state index contributed by atoms with van der Waals surface area (Å²) in [6, 6.07) is 11.3. The molecule has 0 bridgehead atoms. The molecule has 0 saturated heterocycles. The van der Waals surface area contributed by atoms with Crippen molar-refractivity contribution in [2.45, 2.75) is 44.6 Å². The van der Waals surface area contributed by atoms with E-state index in [-0.39, 0.29) is 24.2 Å². The monoisotopic (exact) mass is 458 g/mol. The maximum atomic E-state index is 13.6. The van der Waals surface area contributed by atoms with E-state index < -0.39 is 6.04 Å². The molecule has 1 saturated carbocycles. The van der Waals surface area contributed by atoms with Crippen molar-refractivity contribution >= 4 is 33.4 Å². The molecule has 4 nitrogen and oxygen atoms in total. The van der Waals surface area contributed by atoms with E-state index >= 15 is 0 Å². The molecule has 6 heteroatoms. The molecule has 1 N–H and O–H groups in total. The standard InChI is InChI=1S/C23H24BrFN2O2/c24-17-8-11-20-19(13-17)23(16-6-9-18(25)10-7-16)27(14-21(28)26-20)22(29)12-5-15-3-1-2-4-15/h6-11,13,15,23H,1-5,12,14H2,(H,26,28). The third-order valence-electron chi connectivity index (χ3n) is 5.96. The molecule has 0 radical (unpaired) electrons. The first-order valence-electron chi connectivity index (χ1n) is 10.2. The van der Waals surface area contributed by atoms with Crippen LogP contribution in [0.3, 0.4) is 0 Å². The van der Waals surface area contributed by atoms with Crippen LogP contribution in [0.15, 0.2) is 46.9 Å². The number of halogens is 2. The van der Waals surface area contributed by atoms with Crippen molar-refractivity contribution in [1.82, 2.24) is 4.90 Å². The summed E-state index contributed by atoms with van der Waals surface area (Å²) in [4.78, 5) is 27.5. The maximum Gasteiger partial charge on any atom is 0.244 e. The number of carbonyl (C=O) groups is 2. The first kappa shape index (κ1) is 20.1. The van der Waals surface area contributed by atoms with E-state index in [1.54, 1.807) is 17.0 Å². The Morgan fingerprint density at radius 2 is 1.86 bits per heavy atom. The highest BCUT2D eigenvalue weighted by molar-refractivity contribution is 9.10. The average Bonchev–Trinajstić information content (AvgIpc) is 3.17. The summed E-state index contributed by atoms with van der Waals surface area (Å²) in [5.41, 5.74) is 2.29. The van der Waals surface area contributed by atoms with E-state index in [1.807, 2.05) is 18.2 Å². The fourth-order valence-electron chi connectivity index (χ4n) is 4.48. The summed E-state index contributed by atoms with van der Waals surface area (Å²) < 4.78 is 14.4. The number of fused-ring (bicyclic) bond motifs is 1. The largest absolute Gasteiger partial charge is 0.324 e. The molecule has 29 heavy (non-hydrogen) atoms. The fourth-order valence-corrected chi connectivity index (χ4v) is 4.86. The lowest BCUT2D eigenvalue weighted by molar-refractivity contribution is -0.136. The Morgan fingerprint density at radius 1 is 1.14 bits per heavy atom. The van der Waals surface area contributed by atoms with Crippen LogP contribution in [0.5, 0.6) is 0 Å². The first-order chi connectivity index (χ1) is 14.0. The molecule has 152 valence electrons. The maximum absolute atomic E-state index is 13.6. The Balaban J connectivity index is 1.70. The van der Waals surface area contributed by atoms with Crippen molar-refractivity contribution < 1.29 is 14.0 Å². The lowest BCUT2D eigenvalue weighted by Gasteiger charge is -2.31. The van der Waals surface area contributed by atoms with Gasteiger partial charge in [0.05, 0.1) is 6.04 Å². The van der Waals surface area contributed by atoms with Gasteiger partial charge in [-0.05, 0) is 48.2 Å². The zero-order valence-electron chi connectivity index (χ0n) is 16.2. The minimum absolute atomic E-state index is 0.0160. The van der Waals surface area contributed by atoms with E-state index in [0.717, 1.165) is 22.0 Å². The van der Waals surface area contributed by atoms with Crippen LogP contribution in [0.25, 0.3) is 0 Å². The van der Waals surface area contributed by atoms with E-state index in [4.69, 9.17) is 0 Å². The summed E-state index contributed by atoms with van der Waals surface area (Å²) in [5.74, 6) is 0.0252. The van der Waals surface area contributed by atoms with Crippen molar-refractivity contribution in [3.05, 3.63) is 63.9 Å². The Kier molecular flexibility index (Phi) is 5.99. The van der Waals surface area contributed by atoms with Crippen molar-refractivity contribution in [3.63, 3.8) is 0 Å². The Bertz CT molecular complexity index is 910. The van der Waals surface area contributed by atoms with E-state index in [0.29, 0.717) is 18.0 Å². The lowest BCUT2D eigenvalue weighted by atomic mass is 9.95. The van der Waals surface area contributed by atoms with Gasteiger partial charge in [0.25, 0.3) is 0 Å². The number of hydrogen-bond acceptors (Lipinski definition) is 2. The molecule has 1 heterocycles. The van der Waals surface area contributed by atoms with Gasteiger partial charge in [0, 0.05) is 22.1 Å². The average molecular weight is 459 g/mol. The third kappa shape index (κ3) is 4.53. The molecular weight excluding hydrogens is 435 g/mol. The zero-order chi connectivity index (χ0) is 20.4. The Labute approximate surface area is 178 Å². The van der Waals surface area contributed by atoms with Gasteiger partial charge in [0.2, 0.25) is 11.8 Å². The van der Waals surface area contributed by atoms with Crippen molar-refractivity contribution in [3.8, 4) is 0 Å². The molecule has 1 fully saturated rings. The van der Waals surface area contributed by atoms with Gasteiger partial charge in [0.15, 0.2) is 0 Å². The number of nitrogens with zero attached hydrogens (tertiary/aromatic N) is 1. The Hall–Kier alpha value is -2.21. The highest BCUT2D eigenvalue weighted by Crippen LogP contribution is 2.38. The highest BCUT2D eigenvalue weighted by atomic mass is 79.9. The molecule has 1 aliphatic heterocycles. The minimum atomic E-state index is -0.446. The number of benzene rings is 2. The van der Waals surface area contributed by atoms with E-state index in [1.165, 1.54) is 37.8 Å². The van der Waals surface area contributed by atoms with E-state index in [9.17, 15) is 14.0 Å². The molecule has 2 aliphatic rings. The van der Waals surface area contributed by atoms with Crippen molar-refractivity contribution in [1.29, 1.82) is 0 Å². The second-order valence-electron chi connectivity index (χ2n) is 7.94. The Morgan fingerprint density at radius 3 is 2.59 bits per heavy atom. The van der Waals surface area contributed by atoms with Gasteiger partial charge >= 0.3 is 0 Å². The van der Waals surface area contributed by atoms with Crippen molar-refractivity contribution in [2.75, 3.05) is 11.9 Å².